The summed E-state index contributed by atoms with van der Waals surface area (Å²) in [6.45, 7) is 2.42. The van der Waals surface area contributed by atoms with E-state index in [1.807, 2.05) is 43.3 Å². The van der Waals surface area contributed by atoms with E-state index in [-0.39, 0.29) is 11.8 Å². The molecule has 3 aromatic rings. The summed E-state index contributed by atoms with van der Waals surface area (Å²) >= 11 is 6.02. The molecule has 1 fully saturated rings. The summed E-state index contributed by atoms with van der Waals surface area (Å²) in [4.78, 5) is 9.12. The third-order valence-electron chi connectivity index (χ3n) is 5.06. The van der Waals surface area contributed by atoms with Crippen molar-refractivity contribution >= 4 is 33.3 Å². The Morgan fingerprint density at radius 1 is 1.07 bits per heavy atom. The maximum atomic E-state index is 13.1. The Morgan fingerprint density at radius 3 is 2.57 bits per heavy atom. The SMILES string of the molecule is Cc1cccc(Nc2cccc(C3CCCN3S(=O)(=O)Cc3cccc(Cl)c3)n2)n1. The van der Waals surface area contributed by atoms with E-state index >= 15 is 0 Å². The van der Waals surface area contributed by atoms with Crippen LogP contribution in [0.5, 0.6) is 0 Å². The van der Waals surface area contributed by atoms with Gasteiger partial charge in [-0.3, -0.25) is 0 Å². The van der Waals surface area contributed by atoms with Gasteiger partial charge in [-0.1, -0.05) is 35.9 Å². The highest BCUT2D eigenvalue weighted by Gasteiger charge is 2.36. The van der Waals surface area contributed by atoms with Crippen molar-refractivity contribution in [3.05, 3.63) is 82.6 Å². The van der Waals surface area contributed by atoms with Gasteiger partial charge in [0.05, 0.1) is 17.5 Å². The van der Waals surface area contributed by atoms with Gasteiger partial charge in [-0.15, -0.1) is 0 Å². The van der Waals surface area contributed by atoms with Crippen molar-refractivity contribution in [2.24, 2.45) is 0 Å². The van der Waals surface area contributed by atoms with Gasteiger partial charge in [-0.25, -0.2) is 18.4 Å². The van der Waals surface area contributed by atoms with Gasteiger partial charge in [-0.05, 0) is 61.7 Å². The van der Waals surface area contributed by atoms with Crippen molar-refractivity contribution in [3.8, 4) is 0 Å². The van der Waals surface area contributed by atoms with E-state index in [0.717, 1.165) is 24.2 Å². The minimum absolute atomic E-state index is 0.0742. The molecule has 8 heteroatoms. The zero-order valence-corrected chi connectivity index (χ0v) is 18.2. The van der Waals surface area contributed by atoms with Crippen LogP contribution in [0.3, 0.4) is 0 Å². The standard InChI is InChI=1S/C22H23ClN4O2S/c1-16-6-2-11-21(24-16)26-22-12-4-9-19(25-22)20-10-5-13-27(20)30(28,29)15-17-7-3-8-18(23)14-17/h2-4,6-9,11-12,14,20H,5,10,13,15H2,1H3,(H,24,25,26). The molecular formula is C22H23ClN4O2S. The van der Waals surface area contributed by atoms with E-state index in [9.17, 15) is 8.42 Å². The van der Waals surface area contributed by atoms with Crippen LogP contribution in [-0.2, 0) is 15.8 Å². The number of hydrogen-bond acceptors (Lipinski definition) is 5. The fourth-order valence-electron chi connectivity index (χ4n) is 3.74. The van der Waals surface area contributed by atoms with Crippen molar-refractivity contribution in [1.29, 1.82) is 0 Å². The van der Waals surface area contributed by atoms with Gasteiger partial charge in [0.25, 0.3) is 0 Å². The monoisotopic (exact) mass is 442 g/mol. The predicted molar refractivity (Wildman–Crippen MR) is 119 cm³/mol. The molecule has 0 aliphatic carbocycles. The number of nitrogens with one attached hydrogen (secondary N) is 1. The normalized spacial score (nSPS) is 17.2. The van der Waals surface area contributed by atoms with Gasteiger partial charge in [0.1, 0.15) is 11.6 Å². The summed E-state index contributed by atoms with van der Waals surface area (Å²) in [7, 11) is -3.50. The van der Waals surface area contributed by atoms with E-state index in [0.29, 0.717) is 28.8 Å². The van der Waals surface area contributed by atoms with Gasteiger partial charge >= 0.3 is 0 Å². The second-order valence-electron chi connectivity index (χ2n) is 7.39. The predicted octanol–water partition coefficient (Wildman–Crippen LogP) is 4.85. The molecule has 0 amide bonds. The van der Waals surface area contributed by atoms with E-state index in [4.69, 9.17) is 11.6 Å². The lowest BCUT2D eigenvalue weighted by Gasteiger charge is -2.24. The molecule has 6 nitrogen and oxygen atoms in total. The Balaban J connectivity index is 1.56. The quantitative estimate of drug-likeness (QED) is 0.590. The van der Waals surface area contributed by atoms with Crippen LogP contribution < -0.4 is 5.32 Å². The molecule has 0 radical (unpaired) electrons. The van der Waals surface area contributed by atoms with Gasteiger partial charge in [0.2, 0.25) is 10.0 Å². The van der Waals surface area contributed by atoms with Crippen molar-refractivity contribution in [3.63, 3.8) is 0 Å². The number of aromatic nitrogens is 2. The number of sulfonamides is 1. The van der Waals surface area contributed by atoms with Crippen LogP contribution >= 0.6 is 11.6 Å². The van der Waals surface area contributed by atoms with Gasteiger partial charge < -0.3 is 5.32 Å². The minimum atomic E-state index is -3.50. The number of rotatable bonds is 6. The molecular weight excluding hydrogens is 420 g/mol. The first-order valence-electron chi connectivity index (χ1n) is 9.82. The highest BCUT2D eigenvalue weighted by molar-refractivity contribution is 7.88. The molecule has 156 valence electrons. The second-order valence-corrected chi connectivity index (χ2v) is 9.75. The van der Waals surface area contributed by atoms with E-state index < -0.39 is 10.0 Å². The second kappa shape index (κ2) is 8.71. The molecule has 2 aromatic heterocycles. The summed E-state index contributed by atoms with van der Waals surface area (Å²) < 4.78 is 27.9. The molecule has 3 heterocycles. The number of benzene rings is 1. The molecule has 0 saturated carbocycles. The van der Waals surface area contributed by atoms with Crippen molar-refractivity contribution in [2.75, 3.05) is 11.9 Å². The summed E-state index contributed by atoms with van der Waals surface area (Å²) in [6.07, 6.45) is 1.55. The van der Waals surface area contributed by atoms with Gasteiger partial charge in [0, 0.05) is 17.3 Å². The number of nitrogens with zero attached hydrogens (tertiary/aromatic N) is 3. The van der Waals surface area contributed by atoms with Crippen molar-refractivity contribution < 1.29 is 8.42 Å². The van der Waals surface area contributed by atoms with Gasteiger partial charge in [0.15, 0.2) is 0 Å². The third-order valence-corrected chi connectivity index (χ3v) is 7.14. The highest BCUT2D eigenvalue weighted by Crippen LogP contribution is 2.35. The summed E-state index contributed by atoms with van der Waals surface area (Å²) in [6, 6.07) is 18.1. The highest BCUT2D eigenvalue weighted by atomic mass is 35.5. The lowest BCUT2D eigenvalue weighted by molar-refractivity contribution is 0.390. The van der Waals surface area contributed by atoms with Crippen LogP contribution in [0.15, 0.2) is 60.7 Å². The first kappa shape index (κ1) is 20.8. The zero-order chi connectivity index (χ0) is 21.1. The number of aryl methyl sites for hydroxylation is 1. The van der Waals surface area contributed by atoms with E-state index in [1.165, 1.54) is 0 Å². The van der Waals surface area contributed by atoms with Crippen LogP contribution in [0, 0.1) is 6.92 Å². The summed E-state index contributed by atoms with van der Waals surface area (Å²) in [5.74, 6) is 1.27. The van der Waals surface area contributed by atoms with Crippen molar-refractivity contribution in [1.82, 2.24) is 14.3 Å². The Kier molecular flexibility index (Phi) is 6.04. The van der Waals surface area contributed by atoms with E-state index in [2.05, 4.69) is 15.3 Å². The first-order chi connectivity index (χ1) is 14.4. The Labute approximate surface area is 182 Å². The molecule has 1 saturated heterocycles. The average molecular weight is 443 g/mol. The van der Waals surface area contributed by atoms with Crippen LogP contribution in [0.4, 0.5) is 11.6 Å². The Hall–Kier alpha value is -2.48. The first-order valence-corrected chi connectivity index (χ1v) is 11.8. The van der Waals surface area contributed by atoms with E-state index in [1.54, 1.807) is 28.6 Å². The number of halogens is 1. The number of hydrogen-bond donors (Lipinski definition) is 1. The molecule has 1 aromatic carbocycles. The molecule has 1 aliphatic heterocycles. The topological polar surface area (TPSA) is 75.2 Å². The smallest absolute Gasteiger partial charge is 0.218 e. The van der Waals surface area contributed by atoms with Crippen LogP contribution in [0.1, 0.15) is 35.8 Å². The zero-order valence-electron chi connectivity index (χ0n) is 16.6. The third kappa shape index (κ3) is 4.80. The Morgan fingerprint density at radius 2 is 1.80 bits per heavy atom. The van der Waals surface area contributed by atoms with Crippen LogP contribution in [0.25, 0.3) is 0 Å². The number of pyridine rings is 2. The molecule has 30 heavy (non-hydrogen) atoms. The van der Waals surface area contributed by atoms with Crippen LogP contribution in [0.2, 0.25) is 5.02 Å². The van der Waals surface area contributed by atoms with Gasteiger partial charge in [-0.2, -0.15) is 4.31 Å². The molecule has 0 spiro atoms. The maximum Gasteiger partial charge on any atom is 0.218 e. The summed E-state index contributed by atoms with van der Waals surface area (Å²) in [5.41, 5.74) is 2.33. The van der Waals surface area contributed by atoms with Crippen LogP contribution in [-0.4, -0.2) is 29.2 Å². The molecule has 1 atom stereocenters. The average Bonchev–Trinajstić information content (AvgIpc) is 3.19. The fraction of sp³-hybridized carbons (Fsp3) is 0.273. The Bertz CT molecular complexity index is 1150. The molecule has 4 rings (SSSR count). The molecule has 1 N–H and O–H groups in total. The molecule has 1 unspecified atom stereocenters. The maximum absolute atomic E-state index is 13.1. The lowest BCUT2D eigenvalue weighted by Crippen LogP contribution is -2.32. The fourth-order valence-corrected chi connectivity index (χ4v) is 5.73. The number of anilines is 2. The summed E-state index contributed by atoms with van der Waals surface area (Å²) in [5, 5.41) is 3.74. The van der Waals surface area contributed by atoms with Crippen molar-refractivity contribution in [2.45, 2.75) is 31.6 Å². The molecule has 1 aliphatic rings. The largest absolute Gasteiger partial charge is 0.325 e. The lowest BCUT2D eigenvalue weighted by atomic mass is 10.1. The molecule has 0 bridgehead atoms. The minimum Gasteiger partial charge on any atom is -0.325 e.